The Hall–Kier alpha value is -0.780. The van der Waals surface area contributed by atoms with Crippen molar-refractivity contribution in [1.29, 1.82) is 0 Å². The molecular formula is C14H19Cl2NO3S. The molecule has 0 spiro atoms. The number of hydrogen-bond donors (Lipinski definition) is 1. The van der Waals surface area contributed by atoms with E-state index in [9.17, 15) is 13.2 Å². The monoisotopic (exact) mass is 351 g/mol. The molecule has 0 bridgehead atoms. The summed E-state index contributed by atoms with van der Waals surface area (Å²) in [5.41, 5.74) is 0.534. The molecule has 0 aliphatic rings. The largest absolute Gasteiger partial charge is 0.352 e. The zero-order chi connectivity index (χ0) is 16.0. The average Bonchev–Trinajstić information content (AvgIpc) is 2.39. The van der Waals surface area contributed by atoms with Crippen molar-refractivity contribution in [1.82, 2.24) is 5.32 Å². The van der Waals surface area contributed by atoms with Gasteiger partial charge >= 0.3 is 0 Å². The van der Waals surface area contributed by atoms with Crippen molar-refractivity contribution < 1.29 is 13.2 Å². The lowest BCUT2D eigenvalue weighted by atomic mass is 10.1. The van der Waals surface area contributed by atoms with Crippen LogP contribution in [0.2, 0.25) is 5.02 Å². The van der Waals surface area contributed by atoms with Crippen LogP contribution in [0, 0.1) is 6.92 Å². The Morgan fingerprint density at radius 3 is 2.48 bits per heavy atom. The summed E-state index contributed by atoms with van der Waals surface area (Å²) >= 11 is 5.97. The van der Waals surface area contributed by atoms with Gasteiger partial charge < -0.3 is 5.32 Å². The first-order valence-electron chi connectivity index (χ1n) is 6.80. The van der Waals surface area contributed by atoms with Gasteiger partial charge in [0.1, 0.15) is 0 Å². The van der Waals surface area contributed by atoms with Crippen molar-refractivity contribution >= 4 is 37.2 Å². The average molecular weight is 352 g/mol. The van der Waals surface area contributed by atoms with Crippen LogP contribution in [0.25, 0.3) is 0 Å². The van der Waals surface area contributed by atoms with Crippen molar-refractivity contribution in [3.8, 4) is 0 Å². The van der Waals surface area contributed by atoms with Gasteiger partial charge in [0.25, 0.3) is 15.0 Å². The van der Waals surface area contributed by atoms with E-state index in [4.69, 9.17) is 22.3 Å². The fourth-order valence-electron chi connectivity index (χ4n) is 1.89. The minimum absolute atomic E-state index is 0.132. The predicted molar refractivity (Wildman–Crippen MR) is 85.7 cm³/mol. The van der Waals surface area contributed by atoms with Gasteiger partial charge in [-0.25, -0.2) is 8.42 Å². The fourth-order valence-corrected chi connectivity index (χ4v) is 3.39. The second kappa shape index (κ2) is 8.01. The zero-order valence-electron chi connectivity index (χ0n) is 12.1. The molecule has 0 saturated heterocycles. The topological polar surface area (TPSA) is 63.2 Å². The molecule has 0 aliphatic heterocycles. The maximum atomic E-state index is 12.0. The number of hydrogen-bond acceptors (Lipinski definition) is 3. The number of carbonyl (C=O) groups excluding carboxylic acids is 1. The summed E-state index contributed by atoms with van der Waals surface area (Å²) in [7, 11) is 1.42. The highest BCUT2D eigenvalue weighted by Crippen LogP contribution is 2.27. The molecule has 1 aromatic rings. The standard InChI is InChI=1S/C14H19Cl2NO3S/c1-3-4-5-6-7-17-14(18)11-8-12(15)10(2)13(9-11)21(16,19)20/h8-9H,3-7H2,1-2H3,(H,17,18). The molecule has 118 valence electrons. The van der Waals surface area contributed by atoms with Crippen molar-refractivity contribution in [2.45, 2.75) is 44.4 Å². The summed E-state index contributed by atoms with van der Waals surface area (Å²) in [4.78, 5) is 11.9. The van der Waals surface area contributed by atoms with Crippen LogP contribution in [-0.2, 0) is 9.05 Å². The molecule has 0 saturated carbocycles. The van der Waals surface area contributed by atoms with Crippen molar-refractivity contribution in [2.75, 3.05) is 6.54 Å². The van der Waals surface area contributed by atoms with Gasteiger partial charge in [0.2, 0.25) is 0 Å². The first-order chi connectivity index (χ1) is 9.77. The molecule has 1 N–H and O–H groups in total. The third-order valence-corrected chi connectivity index (χ3v) is 4.98. The van der Waals surface area contributed by atoms with Crippen LogP contribution in [0.5, 0.6) is 0 Å². The fraction of sp³-hybridized carbons (Fsp3) is 0.500. The van der Waals surface area contributed by atoms with Crippen LogP contribution in [0.4, 0.5) is 0 Å². The van der Waals surface area contributed by atoms with Gasteiger partial charge in [-0.05, 0) is 31.0 Å². The maximum absolute atomic E-state index is 12.0. The highest BCUT2D eigenvalue weighted by atomic mass is 35.7. The van der Waals surface area contributed by atoms with Crippen LogP contribution in [0.15, 0.2) is 17.0 Å². The van der Waals surface area contributed by atoms with Gasteiger partial charge in [-0.15, -0.1) is 0 Å². The molecule has 1 aromatic carbocycles. The maximum Gasteiger partial charge on any atom is 0.261 e. The molecular weight excluding hydrogens is 333 g/mol. The summed E-state index contributed by atoms with van der Waals surface area (Å²) < 4.78 is 23.0. The second-order valence-electron chi connectivity index (χ2n) is 4.84. The van der Waals surface area contributed by atoms with E-state index >= 15 is 0 Å². The Labute approximate surface area is 135 Å². The van der Waals surface area contributed by atoms with Gasteiger partial charge in [-0.2, -0.15) is 0 Å². The van der Waals surface area contributed by atoms with Gasteiger partial charge in [-0.1, -0.05) is 37.8 Å². The summed E-state index contributed by atoms with van der Waals surface area (Å²) in [6.07, 6.45) is 4.19. The number of amides is 1. The van der Waals surface area contributed by atoms with Gasteiger partial charge in [0.05, 0.1) is 4.90 Å². The number of nitrogens with one attached hydrogen (secondary N) is 1. The molecule has 0 atom stereocenters. The molecule has 1 amide bonds. The lowest BCUT2D eigenvalue weighted by molar-refractivity contribution is 0.0952. The normalized spacial score (nSPS) is 11.4. The molecule has 21 heavy (non-hydrogen) atoms. The smallest absolute Gasteiger partial charge is 0.261 e. The van der Waals surface area contributed by atoms with E-state index in [-0.39, 0.29) is 21.4 Å². The quantitative estimate of drug-likeness (QED) is 0.598. The van der Waals surface area contributed by atoms with E-state index in [1.54, 1.807) is 6.92 Å². The summed E-state index contributed by atoms with van der Waals surface area (Å²) in [5.74, 6) is -0.352. The minimum Gasteiger partial charge on any atom is -0.352 e. The highest BCUT2D eigenvalue weighted by Gasteiger charge is 2.19. The van der Waals surface area contributed by atoms with E-state index in [0.29, 0.717) is 12.1 Å². The highest BCUT2D eigenvalue weighted by molar-refractivity contribution is 8.13. The van der Waals surface area contributed by atoms with E-state index < -0.39 is 9.05 Å². The van der Waals surface area contributed by atoms with E-state index in [2.05, 4.69) is 12.2 Å². The molecule has 0 radical (unpaired) electrons. The number of halogens is 2. The third kappa shape index (κ3) is 5.49. The first kappa shape index (κ1) is 18.3. The predicted octanol–water partition coefficient (Wildman–Crippen LogP) is 3.89. The Morgan fingerprint density at radius 2 is 1.90 bits per heavy atom. The number of benzene rings is 1. The molecule has 0 aliphatic carbocycles. The first-order valence-corrected chi connectivity index (χ1v) is 9.49. The Balaban J connectivity index is 2.84. The lowest BCUT2D eigenvalue weighted by Gasteiger charge is -2.09. The van der Waals surface area contributed by atoms with Crippen molar-refractivity contribution in [2.24, 2.45) is 0 Å². The van der Waals surface area contributed by atoms with Crippen LogP contribution in [0.3, 0.4) is 0 Å². The Kier molecular flexibility index (Phi) is 6.97. The summed E-state index contributed by atoms with van der Waals surface area (Å²) in [6.45, 7) is 4.21. The summed E-state index contributed by atoms with van der Waals surface area (Å²) in [5, 5.41) is 2.95. The van der Waals surface area contributed by atoms with Crippen LogP contribution >= 0.6 is 22.3 Å². The second-order valence-corrected chi connectivity index (χ2v) is 7.78. The lowest BCUT2D eigenvalue weighted by Crippen LogP contribution is -2.24. The molecule has 7 heteroatoms. The van der Waals surface area contributed by atoms with E-state index in [1.807, 2.05) is 0 Å². The molecule has 0 fully saturated rings. The van der Waals surface area contributed by atoms with Gasteiger partial charge in [0, 0.05) is 27.8 Å². The van der Waals surface area contributed by atoms with Crippen LogP contribution in [0.1, 0.15) is 48.5 Å². The molecule has 1 rings (SSSR count). The summed E-state index contributed by atoms with van der Waals surface area (Å²) in [6, 6.07) is 2.70. The van der Waals surface area contributed by atoms with Gasteiger partial charge in [-0.3, -0.25) is 4.79 Å². The molecule has 4 nitrogen and oxygen atoms in total. The third-order valence-electron chi connectivity index (χ3n) is 3.14. The molecule has 0 heterocycles. The molecule has 0 aromatic heterocycles. The Morgan fingerprint density at radius 1 is 1.24 bits per heavy atom. The minimum atomic E-state index is -3.94. The SMILES string of the molecule is CCCCCCNC(=O)c1cc(Cl)c(C)c(S(=O)(=O)Cl)c1. The zero-order valence-corrected chi connectivity index (χ0v) is 14.4. The van der Waals surface area contributed by atoms with E-state index in [0.717, 1.165) is 25.7 Å². The van der Waals surface area contributed by atoms with E-state index in [1.165, 1.54) is 12.1 Å². The van der Waals surface area contributed by atoms with Crippen LogP contribution < -0.4 is 5.32 Å². The van der Waals surface area contributed by atoms with Gasteiger partial charge in [0.15, 0.2) is 0 Å². The van der Waals surface area contributed by atoms with Crippen LogP contribution in [-0.4, -0.2) is 20.9 Å². The number of unbranched alkanes of at least 4 members (excludes halogenated alkanes) is 3. The Bertz CT molecular complexity index is 615. The van der Waals surface area contributed by atoms with Crippen molar-refractivity contribution in [3.05, 3.63) is 28.3 Å². The van der Waals surface area contributed by atoms with Crippen molar-refractivity contribution in [3.63, 3.8) is 0 Å². The molecule has 0 unspecified atom stereocenters. The number of rotatable bonds is 7. The number of carbonyl (C=O) groups is 1.